The molecule has 0 aromatic heterocycles. The Kier molecular flexibility index (Phi) is 2.32. The van der Waals surface area contributed by atoms with Crippen molar-refractivity contribution in [1.29, 1.82) is 0 Å². The molecule has 1 saturated carbocycles. The van der Waals surface area contributed by atoms with E-state index in [1.165, 1.54) is 12.0 Å². The highest BCUT2D eigenvalue weighted by atomic mass is 16.6. The first-order chi connectivity index (χ1) is 7.97. The molecule has 0 radical (unpaired) electrons. The molecule has 0 bridgehead atoms. The number of rotatable bonds is 1. The van der Waals surface area contributed by atoms with E-state index in [1.54, 1.807) is 0 Å². The van der Waals surface area contributed by atoms with Crippen LogP contribution in [-0.2, 0) is 9.53 Å². The van der Waals surface area contributed by atoms with Crippen molar-refractivity contribution in [2.45, 2.75) is 58.7 Å². The lowest BCUT2D eigenvalue weighted by atomic mass is 9.85. The van der Waals surface area contributed by atoms with E-state index in [0.717, 1.165) is 18.4 Å². The van der Waals surface area contributed by atoms with Gasteiger partial charge in [0.1, 0.15) is 11.7 Å². The van der Waals surface area contributed by atoms with Crippen LogP contribution in [0.4, 0.5) is 0 Å². The number of fused-ring (bicyclic) bond motifs is 3. The third-order valence-corrected chi connectivity index (χ3v) is 5.32. The smallest absolute Gasteiger partial charge is 0.159 e. The zero-order valence-corrected chi connectivity index (χ0v) is 11.2. The largest absolute Gasteiger partial charge is 0.361 e. The number of allylic oxidation sites excluding steroid dienone is 1. The molecule has 0 N–H and O–H groups in total. The predicted octanol–water partition coefficient (Wildman–Crippen LogP) is 3.12. The van der Waals surface area contributed by atoms with Gasteiger partial charge >= 0.3 is 0 Å². The van der Waals surface area contributed by atoms with Gasteiger partial charge in [0, 0.05) is 6.42 Å². The number of carbonyl (C=O) groups is 1. The summed E-state index contributed by atoms with van der Waals surface area (Å²) in [4.78, 5) is 11.9. The van der Waals surface area contributed by atoms with E-state index < -0.39 is 0 Å². The fourth-order valence-electron chi connectivity index (χ4n) is 3.88. The highest BCUT2D eigenvalue weighted by Gasteiger charge is 2.63. The monoisotopic (exact) mass is 234 g/mol. The molecule has 1 aliphatic heterocycles. The molecule has 4 atom stereocenters. The SMILES string of the molecule is CC1=C2[C@H]3O[C@@]3(C(C)C)CC[C@@H](C)[C@H]2CC1=O. The number of ether oxygens (including phenoxy) is 1. The van der Waals surface area contributed by atoms with Crippen molar-refractivity contribution in [2.75, 3.05) is 0 Å². The van der Waals surface area contributed by atoms with Gasteiger partial charge in [-0.1, -0.05) is 20.8 Å². The molecule has 0 aromatic carbocycles. The zero-order chi connectivity index (χ0) is 12.4. The van der Waals surface area contributed by atoms with E-state index in [0.29, 0.717) is 23.5 Å². The Morgan fingerprint density at radius 3 is 2.76 bits per heavy atom. The van der Waals surface area contributed by atoms with Crippen molar-refractivity contribution in [3.05, 3.63) is 11.1 Å². The standard InChI is InChI=1S/C15H22O2/c1-8(2)15-6-5-9(3)11-7-12(16)10(4)13(11)14(15)17-15/h8-9,11,14H,5-7H2,1-4H3/t9-,11-,14-,15-/m1/s1. The molecule has 1 heterocycles. The van der Waals surface area contributed by atoms with Crippen LogP contribution in [0.2, 0.25) is 0 Å². The first-order valence-corrected chi connectivity index (χ1v) is 6.89. The van der Waals surface area contributed by atoms with Gasteiger partial charge in [-0.25, -0.2) is 0 Å². The first-order valence-electron chi connectivity index (χ1n) is 6.89. The molecule has 2 fully saturated rings. The van der Waals surface area contributed by atoms with Crippen LogP contribution < -0.4 is 0 Å². The molecule has 3 aliphatic rings. The summed E-state index contributed by atoms with van der Waals surface area (Å²) in [6.45, 7) is 8.80. The van der Waals surface area contributed by atoms with E-state index in [4.69, 9.17) is 4.74 Å². The molecule has 0 unspecified atom stereocenters. The Labute approximate surface area is 103 Å². The number of Topliss-reactive ketones (excluding diaryl/α,β-unsaturated/α-hetero) is 1. The average Bonchev–Trinajstić information content (AvgIpc) is 2.94. The Morgan fingerprint density at radius 1 is 1.41 bits per heavy atom. The molecule has 2 nitrogen and oxygen atoms in total. The van der Waals surface area contributed by atoms with Gasteiger partial charge in [-0.15, -0.1) is 0 Å². The minimum atomic E-state index is 0.0597. The summed E-state index contributed by atoms with van der Waals surface area (Å²) in [6.07, 6.45) is 3.35. The normalized spacial score (nSPS) is 44.8. The van der Waals surface area contributed by atoms with Gasteiger partial charge in [-0.05, 0) is 48.7 Å². The summed E-state index contributed by atoms with van der Waals surface area (Å²) in [5.41, 5.74) is 2.43. The van der Waals surface area contributed by atoms with Crippen molar-refractivity contribution in [3.8, 4) is 0 Å². The van der Waals surface area contributed by atoms with Gasteiger partial charge in [-0.2, -0.15) is 0 Å². The van der Waals surface area contributed by atoms with Crippen LogP contribution in [-0.4, -0.2) is 17.5 Å². The molecule has 1 saturated heterocycles. The van der Waals surface area contributed by atoms with Gasteiger partial charge in [0.15, 0.2) is 5.78 Å². The van der Waals surface area contributed by atoms with Crippen molar-refractivity contribution in [2.24, 2.45) is 17.8 Å². The summed E-state index contributed by atoms with van der Waals surface area (Å²) in [5.74, 6) is 2.01. The highest BCUT2D eigenvalue weighted by molar-refractivity contribution is 5.99. The average molecular weight is 234 g/mol. The molecule has 0 aromatic rings. The number of hydrogen-bond acceptors (Lipinski definition) is 2. The summed E-state index contributed by atoms with van der Waals surface area (Å²) in [7, 11) is 0. The van der Waals surface area contributed by atoms with E-state index in [1.807, 2.05) is 6.92 Å². The second-order valence-corrected chi connectivity index (χ2v) is 6.44. The number of epoxide rings is 1. The van der Waals surface area contributed by atoms with E-state index in [9.17, 15) is 4.79 Å². The molecule has 17 heavy (non-hydrogen) atoms. The topological polar surface area (TPSA) is 29.6 Å². The maximum atomic E-state index is 11.9. The molecule has 2 aliphatic carbocycles. The molecule has 3 rings (SSSR count). The maximum absolute atomic E-state index is 11.9. The van der Waals surface area contributed by atoms with Crippen molar-refractivity contribution in [3.63, 3.8) is 0 Å². The van der Waals surface area contributed by atoms with Gasteiger partial charge in [0.05, 0.1) is 0 Å². The fraction of sp³-hybridized carbons (Fsp3) is 0.800. The Balaban J connectivity index is 2.02. The number of hydrogen-bond donors (Lipinski definition) is 0. The summed E-state index contributed by atoms with van der Waals surface area (Å²) in [6, 6.07) is 0. The third kappa shape index (κ3) is 1.40. The quantitative estimate of drug-likeness (QED) is 0.652. The summed E-state index contributed by atoms with van der Waals surface area (Å²) in [5, 5.41) is 0. The van der Waals surface area contributed by atoms with E-state index in [-0.39, 0.29) is 11.7 Å². The second-order valence-electron chi connectivity index (χ2n) is 6.44. The van der Waals surface area contributed by atoms with Crippen LogP contribution in [0.5, 0.6) is 0 Å². The van der Waals surface area contributed by atoms with Gasteiger partial charge in [-0.3, -0.25) is 4.79 Å². The van der Waals surface area contributed by atoms with Crippen LogP contribution in [0.1, 0.15) is 47.0 Å². The zero-order valence-electron chi connectivity index (χ0n) is 11.2. The van der Waals surface area contributed by atoms with Gasteiger partial charge in [0.25, 0.3) is 0 Å². The lowest BCUT2D eigenvalue weighted by Gasteiger charge is -2.19. The molecular formula is C15H22O2. The van der Waals surface area contributed by atoms with Crippen molar-refractivity contribution < 1.29 is 9.53 Å². The maximum Gasteiger partial charge on any atom is 0.159 e. The van der Waals surface area contributed by atoms with Crippen LogP contribution in [0.25, 0.3) is 0 Å². The van der Waals surface area contributed by atoms with Crippen molar-refractivity contribution >= 4 is 5.78 Å². The predicted molar refractivity (Wildman–Crippen MR) is 66.7 cm³/mol. The Bertz CT molecular complexity index is 407. The van der Waals surface area contributed by atoms with Crippen LogP contribution in [0.15, 0.2) is 11.1 Å². The van der Waals surface area contributed by atoms with Crippen LogP contribution >= 0.6 is 0 Å². The Hall–Kier alpha value is -0.630. The van der Waals surface area contributed by atoms with Gasteiger partial charge in [0.2, 0.25) is 0 Å². The molecular weight excluding hydrogens is 212 g/mol. The number of ketones is 1. The Morgan fingerprint density at radius 2 is 2.12 bits per heavy atom. The van der Waals surface area contributed by atoms with Crippen LogP contribution in [0.3, 0.4) is 0 Å². The number of carbonyl (C=O) groups excluding carboxylic acids is 1. The van der Waals surface area contributed by atoms with Crippen LogP contribution in [0, 0.1) is 17.8 Å². The molecule has 2 heteroatoms. The van der Waals surface area contributed by atoms with Gasteiger partial charge < -0.3 is 4.74 Å². The van der Waals surface area contributed by atoms with E-state index >= 15 is 0 Å². The summed E-state index contributed by atoms with van der Waals surface area (Å²) < 4.78 is 6.08. The summed E-state index contributed by atoms with van der Waals surface area (Å²) >= 11 is 0. The lowest BCUT2D eigenvalue weighted by Crippen LogP contribution is -2.22. The molecule has 0 amide bonds. The minimum absolute atomic E-state index is 0.0597. The fourth-order valence-corrected chi connectivity index (χ4v) is 3.88. The third-order valence-electron chi connectivity index (χ3n) is 5.32. The second kappa shape index (κ2) is 3.44. The van der Waals surface area contributed by atoms with Crippen molar-refractivity contribution in [1.82, 2.24) is 0 Å². The first kappa shape index (κ1) is 11.5. The highest BCUT2D eigenvalue weighted by Crippen LogP contribution is 2.58. The molecule has 0 spiro atoms. The molecule has 94 valence electrons. The minimum Gasteiger partial charge on any atom is -0.361 e. The lowest BCUT2D eigenvalue weighted by molar-refractivity contribution is -0.115. The van der Waals surface area contributed by atoms with E-state index in [2.05, 4.69) is 20.8 Å².